The van der Waals surface area contributed by atoms with Gasteiger partial charge in [0.05, 0.1) is 6.42 Å². The highest BCUT2D eigenvalue weighted by atomic mass is 32.2. The van der Waals surface area contributed by atoms with E-state index in [1.54, 1.807) is 19.1 Å². The summed E-state index contributed by atoms with van der Waals surface area (Å²) in [5, 5.41) is 3.44. The summed E-state index contributed by atoms with van der Waals surface area (Å²) in [5.41, 5.74) is 2.77. The first kappa shape index (κ1) is 22.7. The maximum absolute atomic E-state index is 13.0. The van der Waals surface area contributed by atoms with Gasteiger partial charge >= 0.3 is 0 Å². The summed E-state index contributed by atoms with van der Waals surface area (Å²) in [7, 11) is 0. The summed E-state index contributed by atoms with van der Waals surface area (Å²) in [6.45, 7) is 3.70. The van der Waals surface area contributed by atoms with Crippen molar-refractivity contribution in [3.8, 4) is 0 Å². The van der Waals surface area contributed by atoms with Gasteiger partial charge in [0.25, 0.3) is 5.56 Å². The molecule has 0 saturated carbocycles. The molecule has 0 fully saturated rings. The van der Waals surface area contributed by atoms with Crippen molar-refractivity contribution in [2.24, 2.45) is 0 Å². The van der Waals surface area contributed by atoms with Crippen LogP contribution in [0.1, 0.15) is 35.7 Å². The second-order valence-corrected chi connectivity index (χ2v) is 8.48. The van der Waals surface area contributed by atoms with Crippen LogP contribution in [0.15, 0.2) is 64.5 Å². The molecule has 1 amide bonds. The van der Waals surface area contributed by atoms with Gasteiger partial charge in [-0.15, -0.1) is 0 Å². The van der Waals surface area contributed by atoms with E-state index < -0.39 is 0 Å². The monoisotopic (exact) mass is 439 g/mol. The van der Waals surface area contributed by atoms with Crippen molar-refractivity contribution in [3.05, 3.63) is 93.2 Å². The molecule has 1 aromatic heterocycles. The SMILES string of the molecule is Cc1nc(SCc2ccc(F)cc2)[nH]c(=O)c1CC(=O)NC(C)CCc1ccccc1. The molecule has 162 valence electrons. The molecule has 0 spiro atoms. The largest absolute Gasteiger partial charge is 0.353 e. The number of hydrogen-bond acceptors (Lipinski definition) is 4. The van der Waals surface area contributed by atoms with Gasteiger partial charge in [0.2, 0.25) is 5.91 Å². The van der Waals surface area contributed by atoms with Crippen LogP contribution in [0, 0.1) is 12.7 Å². The molecule has 0 aliphatic rings. The van der Waals surface area contributed by atoms with Gasteiger partial charge in [-0.25, -0.2) is 9.37 Å². The number of thioether (sulfide) groups is 1. The number of nitrogens with zero attached hydrogens (tertiary/aromatic N) is 1. The molecule has 5 nitrogen and oxygen atoms in total. The number of carbonyl (C=O) groups is 1. The Bertz CT molecular complexity index is 1070. The van der Waals surface area contributed by atoms with Gasteiger partial charge in [-0.05, 0) is 49.9 Å². The lowest BCUT2D eigenvalue weighted by Gasteiger charge is -2.14. The second kappa shape index (κ2) is 10.9. The number of aromatic amines is 1. The minimum Gasteiger partial charge on any atom is -0.353 e. The number of aryl methyl sites for hydroxylation is 2. The average molecular weight is 440 g/mol. The van der Waals surface area contributed by atoms with Crippen LogP contribution in [0.2, 0.25) is 0 Å². The smallest absolute Gasteiger partial charge is 0.255 e. The van der Waals surface area contributed by atoms with Gasteiger partial charge in [0.1, 0.15) is 5.82 Å². The van der Waals surface area contributed by atoms with Crippen LogP contribution in [-0.2, 0) is 23.4 Å². The lowest BCUT2D eigenvalue weighted by Crippen LogP contribution is -2.35. The Kier molecular flexibility index (Phi) is 8.00. The van der Waals surface area contributed by atoms with Gasteiger partial charge in [0.15, 0.2) is 5.16 Å². The second-order valence-electron chi connectivity index (χ2n) is 7.52. The average Bonchev–Trinajstić information content (AvgIpc) is 2.75. The van der Waals surface area contributed by atoms with Crippen LogP contribution in [0.5, 0.6) is 0 Å². The Labute approximate surface area is 185 Å². The van der Waals surface area contributed by atoms with Crippen molar-refractivity contribution >= 4 is 17.7 Å². The molecule has 31 heavy (non-hydrogen) atoms. The topological polar surface area (TPSA) is 74.8 Å². The zero-order valence-electron chi connectivity index (χ0n) is 17.7. The van der Waals surface area contributed by atoms with E-state index in [1.807, 2.05) is 25.1 Å². The van der Waals surface area contributed by atoms with Crippen molar-refractivity contribution in [1.82, 2.24) is 15.3 Å². The molecule has 0 radical (unpaired) electrons. The Hall–Kier alpha value is -2.93. The quantitative estimate of drug-likeness (QED) is 0.387. The summed E-state index contributed by atoms with van der Waals surface area (Å²) < 4.78 is 13.0. The maximum atomic E-state index is 13.0. The summed E-state index contributed by atoms with van der Waals surface area (Å²) in [4.78, 5) is 32.1. The molecular formula is C24H26FN3O2S. The molecule has 7 heteroatoms. The van der Waals surface area contributed by atoms with Gasteiger partial charge in [-0.1, -0.05) is 54.2 Å². The fourth-order valence-corrected chi connectivity index (χ4v) is 4.04. The molecule has 0 aliphatic heterocycles. The Morgan fingerprint density at radius 3 is 2.52 bits per heavy atom. The van der Waals surface area contributed by atoms with E-state index in [0.29, 0.717) is 22.2 Å². The molecule has 2 N–H and O–H groups in total. The third-order valence-corrected chi connectivity index (χ3v) is 5.89. The molecule has 2 aromatic carbocycles. The number of benzene rings is 2. The Morgan fingerprint density at radius 2 is 1.84 bits per heavy atom. The van der Waals surface area contributed by atoms with Crippen LogP contribution >= 0.6 is 11.8 Å². The molecule has 0 saturated heterocycles. The highest BCUT2D eigenvalue weighted by molar-refractivity contribution is 7.98. The van der Waals surface area contributed by atoms with Crippen LogP contribution < -0.4 is 10.9 Å². The fraction of sp³-hybridized carbons (Fsp3) is 0.292. The molecule has 1 atom stereocenters. The first-order valence-corrected chi connectivity index (χ1v) is 11.2. The van der Waals surface area contributed by atoms with Gasteiger partial charge < -0.3 is 10.3 Å². The zero-order chi connectivity index (χ0) is 22.2. The van der Waals surface area contributed by atoms with E-state index in [0.717, 1.165) is 18.4 Å². The lowest BCUT2D eigenvalue weighted by atomic mass is 10.1. The van der Waals surface area contributed by atoms with E-state index in [2.05, 4.69) is 27.4 Å². The van der Waals surface area contributed by atoms with Crippen LogP contribution in [-0.4, -0.2) is 21.9 Å². The van der Waals surface area contributed by atoms with Crippen molar-refractivity contribution in [1.29, 1.82) is 0 Å². The predicted molar refractivity (Wildman–Crippen MR) is 122 cm³/mol. The van der Waals surface area contributed by atoms with Crippen molar-refractivity contribution in [3.63, 3.8) is 0 Å². The number of halogens is 1. The number of H-pyrrole nitrogens is 1. The number of aromatic nitrogens is 2. The van der Waals surface area contributed by atoms with E-state index in [-0.39, 0.29) is 29.7 Å². The van der Waals surface area contributed by atoms with Gasteiger partial charge in [-0.2, -0.15) is 0 Å². The minimum absolute atomic E-state index is 0.00518. The molecule has 3 rings (SSSR count). The van der Waals surface area contributed by atoms with Crippen LogP contribution in [0.25, 0.3) is 0 Å². The van der Waals surface area contributed by atoms with Crippen molar-refractivity contribution in [2.45, 2.75) is 50.1 Å². The standard InChI is InChI=1S/C24H26FN3O2S/c1-16(8-9-18-6-4-3-5-7-18)26-22(29)14-21-17(2)27-24(28-23(21)30)31-15-19-10-12-20(25)13-11-19/h3-7,10-13,16H,8-9,14-15H2,1-2H3,(H,26,29)(H,27,28,30). The number of rotatable bonds is 9. The predicted octanol–water partition coefficient (Wildman–Crippen LogP) is 4.19. The van der Waals surface area contributed by atoms with E-state index in [4.69, 9.17) is 0 Å². The third-order valence-electron chi connectivity index (χ3n) is 4.94. The molecular weight excluding hydrogens is 413 g/mol. The molecule has 1 heterocycles. The number of amides is 1. The molecule has 0 aliphatic carbocycles. The summed E-state index contributed by atoms with van der Waals surface area (Å²) in [6.07, 6.45) is 1.69. The highest BCUT2D eigenvalue weighted by Crippen LogP contribution is 2.19. The fourth-order valence-electron chi connectivity index (χ4n) is 3.18. The summed E-state index contributed by atoms with van der Waals surface area (Å²) in [6, 6.07) is 16.3. The number of hydrogen-bond donors (Lipinski definition) is 2. The normalized spacial score (nSPS) is 11.8. The highest BCUT2D eigenvalue weighted by Gasteiger charge is 2.15. The summed E-state index contributed by atoms with van der Waals surface area (Å²) >= 11 is 1.36. The van der Waals surface area contributed by atoms with Crippen molar-refractivity contribution < 1.29 is 9.18 Å². The van der Waals surface area contributed by atoms with Crippen LogP contribution in [0.4, 0.5) is 4.39 Å². The van der Waals surface area contributed by atoms with Gasteiger partial charge in [-0.3, -0.25) is 9.59 Å². The maximum Gasteiger partial charge on any atom is 0.255 e. The first-order chi connectivity index (χ1) is 14.9. The molecule has 1 unspecified atom stereocenters. The first-order valence-electron chi connectivity index (χ1n) is 10.2. The number of nitrogens with one attached hydrogen (secondary N) is 2. The summed E-state index contributed by atoms with van der Waals surface area (Å²) in [5.74, 6) is 0.0809. The molecule has 0 bridgehead atoms. The van der Waals surface area contributed by atoms with Gasteiger partial charge in [0, 0.05) is 23.1 Å². The Morgan fingerprint density at radius 1 is 1.13 bits per heavy atom. The van der Waals surface area contributed by atoms with E-state index in [1.165, 1.54) is 29.5 Å². The number of carbonyl (C=O) groups excluding carboxylic acids is 1. The van der Waals surface area contributed by atoms with Crippen molar-refractivity contribution in [2.75, 3.05) is 0 Å². The molecule has 3 aromatic rings. The van der Waals surface area contributed by atoms with E-state index in [9.17, 15) is 14.0 Å². The Balaban J connectivity index is 1.53. The van der Waals surface area contributed by atoms with E-state index >= 15 is 0 Å². The minimum atomic E-state index is -0.304. The lowest BCUT2D eigenvalue weighted by molar-refractivity contribution is -0.121. The third kappa shape index (κ3) is 7.07. The zero-order valence-corrected chi connectivity index (χ0v) is 18.5. The van der Waals surface area contributed by atoms with Crippen LogP contribution in [0.3, 0.4) is 0 Å².